The molecule has 0 amide bonds. The molecule has 2 heterocycles. The molecule has 3 rings (SSSR count). The first-order valence-corrected chi connectivity index (χ1v) is 9.02. The molecular weight excluding hydrogens is 393 g/mol. The minimum Gasteiger partial charge on any atom is -0.493 e. The van der Waals surface area contributed by atoms with Crippen molar-refractivity contribution in [3.05, 3.63) is 70.0 Å². The van der Waals surface area contributed by atoms with Crippen molar-refractivity contribution >= 4 is 11.8 Å². The number of nitrogens with two attached hydrogens (primary N) is 1. The molecule has 0 atom stereocenters. The van der Waals surface area contributed by atoms with Crippen LogP contribution >= 0.6 is 11.8 Å². The number of alkyl halides is 3. The lowest BCUT2D eigenvalue weighted by molar-refractivity contribution is -0.0328. The molecule has 2 aromatic heterocycles. The summed E-state index contributed by atoms with van der Waals surface area (Å²) in [6.07, 6.45) is 1.59. The highest BCUT2D eigenvalue weighted by molar-refractivity contribution is 8.00. The third-order valence-corrected chi connectivity index (χ3v) is 4.86. The van der Waals surface area contributed by atoms with E-state index in [9.17, 15) is 23.1 Å². The minimum atomic E-state index is -4.40. The van der Waals surface area contributed by atoms with Gasteiger partial charge < -0.3 is 10.8 Å². The van der Waals surface area contributed by atoms with E-state index in [4.69, 9.17) is 5.73 Å². The number of nitrogens with zero attached hydrogens (tertiary/aromatic N) is 3. The number of hydrogen-bond donors (Lipinski definition) is 2. The molecule has 3 aromatic rings. The van der Waals surface area contributed by atoms with E-state index in [-0.39, 0.29) is 41.3 Å². The van der Waals surface area contributed by atoms with Crippen molar-refractivity contribution in [2.75, 3.05) is 0 Å². The molecule has 6 nitrogen and oxygen atoms in total. The number of halogens is 3. The van der Waals surface area contributed by atoms with E-state index in [1.807, 2.05) is 0 Å². The second kappa shape index (κ2) is 7.72. The highest BCUT2D eigenvalue weighted by Gasteiger charge is 2.29. The summed E-state index contributed by atoms with van der Waals surface area (Å²) in [6.45, 7) is 2.05. The maximum Gasteiger partial charge on any atom is 0.446 e. The predicted molar refractivity (Wildman–Crippen MR) is 99.6 cm³/mol. The zero-order chi connectivity index (χ0) is 20.5. The first-order chi connectivity index (χ1) is 13.2. The fourth-order valence-corrected chi connectivity index (χ4v) is 3.31. The Morgan fingerprint density at radius 3 is 2.50 bits per heavy atom. The summed E-state index contributed by atoms with van der Waals surface area (Å²) < 4.78 is 39.8. The SMILES string of the molecule is Cc1c(O)n(-c2ccc(SC(F)(F)F)cc2)c(=O)n1Cc1ccnc(CN)c1. The summed E-state index contributed by atoms with van der Waals surface area (Å²) in [5, 5.41) is 10.4. The first kappa shape index (κ1) is 20.0. The summed E-state index contributed by atoms with van der Waals surface area (Å²) in [7, 11) is 0. The van der Waals surface area contributed by atoms with Crippen LogP contribution in [0.1, 0.15) is 17.0 Å². The van der Waals surface area contributed by atoms with Crippen LogP contribution in [0.2, 0.25) is 0 Å². The molecule has 28 heavy (non-hydrogen) atoms. The van der Waals surface area contributed by atoms with Crippen molar-refractivity contribution in [1.29, 1.82) is 0 Å². The molecular formula is C18H17F3N4O2S. The molecule has 3 N–H and O–H groups in total. The molecule has 10 heteroatoms. The Kier molecular flexibility index (Phi) is 5.52. The van der Waals surface area contributed by atoms with E-state index >= 15 is 0 Å². The van der Waals surface area contributed by atoms with Gasteiger partial charge in [-0.3, -0.25) is 9.55 Å². The van der Waals surface area contributed by atoms with Gasteiger partial charge in [0.05, 0.1) is 23.6 Å². The van der Waals surface area contributed by atoms with E-state index in [1.165, 1.54) is 28.8 Å². The average molecular weight is 410 g/mol. The van der Waals surface area contributed by atoms with Gasteiger partial charge in [-0.15, -0.1) is 0 Å². The smallest absolute Gasteiger partial charge is 0.446 e. The zero-order valence-corrected chi connectivity index (χ0v) is 15.6. The minimum absolute atomic E-state index is 0.00829. The Morgan fingerprint density at radius 2 is 1.89 bits per heavy atom. The number of aromatic nitrogens is 3. The van der Waals surface area contributed by atoms with Crippen molar-refractivity contribution in [3.63, 3.8) is 0 Å². The van der Waals surface area contributed by atoms with Gasteiger partial charge in [-0.05, 0) is 60.6 Å². The summed E-state index contributed by atoms with van der Waals surface area (Å²) in [6, 6.07) is 8.73. The summed E-state index contributed by atoms with van der Waals surface area (Å²) in [4.78, 5) is 16.9. The Bertz CT molecular complexity index is 1040. The molecule has 0 bridgehead atoms. The molecule has 0 saturated carbocycles. The number of thioether (sulfide) groups is 1. The number of hydrogen-bond acceptors (Lipinski definition) is 5. The maximum atomic E-state index is 12.8. The van der Waals surface area contributed by atoms with Crippen molar-refractivity contribution in [3.8, 4) is 11.6 Å². The molecule has 0 aliphatic rings. The monoisotopic (exact) mass is 410 g/mol. The van der Waals surface area contributed by atoms with Crippen LogP contribution in [0.5, 0.6) is 5.88 Å². The van der Waals surface area contributed by atoms with Crippen LogP contribution in [0.3, 0.4) is 0 Å². The first-order valence-electron chi connectivity index (χ1n) is 8.21. The van der Waals surface area contributed by atoms with Crippen molar-refractivity contribution < 1.29 is 18.3 Å². The van der Waals surface area contributed by atoms with Crippen LogP contribution < -0.4 is 11.4 Å². The molecule has 0 spiro atoms. The Labute approximate surface area is 162 Å². The molecule has 0 saturated heterocycles. The fraction of sp³-hybridized carbons (Fsp3) is 0.222. The van der Waals surface area contributed by atoms with Gasteiger partial charge in [-0.25, -0.2) is 9.36 Å². The van der Waals surface area contributed by atoms with Crippen LogP contribution in [0, 0.1) is 6.92 Å². The fourth-order valence-electron chi connectivity index (χ4n) is 2.77. The quantitative estimate of drug-likeness (QED) is 0.631. The normalized spacial score (nSPS) is 11.8. The van der Waals surface area contributed by atoms with E-state index in [2.05, 4.69) is 4.98 Å². The second-order valence-corrected chi connectivity index (χ2v) is 7.15. The van der Waals surface area contributed by atoms with E-state index in [0.717, 1.165) is 10.1 Å². The molecule has 0 aliphatic carbocycles. The zero-order valence-electron chi connectivity index (χ0n) is 14.8. The van der Waals surface area contributed by atoms with Crippen LogP contribution in [0.25, 0.3) is 5.69 Å². The van der Waals surface area contributed by atoms with Crippen LogP contribution in [-0.4, -0.2) is 24.7 Å². The molecule has 0 radical (unpaired) electrons. The van der Waals surface area contributed by atoms with Crippen LogP contribution in [0.4, 0.5) is 13.2 Å². The van der Waals surface area contributed by atoms with Gasteiger partial charge in [0.15, 0.2) is 0 Å². The Morgan fingerprint density at radius 1 is 1.21 bits per heavy atom. The van der Waals surface area contributed by atoms with Crippen molar-refractivity contribution in [1.82, 2.24) is 14.1 Å². The lowest BCUT2D eigenvalue weighted by Crippen LogP contribution is -2.24. The van der Waals surface area contributed by atoms with Crippen molar-refractivity contribution in [2.24, 2.45) is 5.73 Å². The lowest BCUT2D eigenvalue weighted by atomic mass is 10.2. The third kappa shape index (κ3) is 4.23. The van der Waals surface area contributed by atoms with Gasteiger partial charge in [-0.2, -0.15) is 13.2 Å². The van der Waals surface area contributed by atoms with E-state index in [0.29, 0.717) is 11.4 Å². The molecule has 1 aromatic carbocycles. The van der Waals surface area contributed by atoms with Crippen LogP contribution in [0.15, 0.2) is 52.3 Å². The number of aromatic hydroxyl groups is 1. The largest absolute Gasteiger partial charge is 0.493 e. The van der Waals surface area contributed by atoms with Crippen molar-refractivity contribution in [2.45, 2.75) is 30.4 Å². The van der Waals surface area contributed by atoms with E-state index < -0.39 is 11.2 Å². The topological polar surface area (TPSA) is 86.1 Å². The van der Waals surface area contributed by atoms with Gasteiger partial charge in [0.2, 0.25) is 5.88 Å². The summed E-state index contributed by atoms with van der Waals surface area (Å²) >= 11 is -0.245. The summed E-state index contributed by atoms with van der Waals surface area (Å²) in [5.41, 5.74) is 2.75. The standard InChI is InChI=1S/C18H17F3N4O2S/c1-11-16(26)25(14-2-4-15(5-3-14)28-18(19,20)21)17(27)24(11)10-12-6-7-23-13(8-12)9-22/h2-8,26H,9-10,22H2,1H3. The Balaban J connectivity index is 1.95. The van der Waals surface area contributed by atoms with Gasteiger partial charge in [0.25, 0.3) is 0 Å². The molecule has 0 aliphatic heterocycles. The van der Waals surface area contributed by atoms with Crippen LogP contribution in [-0.2, 0) is 13.1 Å². The highest BCUT2D eigenvalue weighted by atomic mass is 32.2. The van der Waals surface area contributed by atoms with Gasteiger partial charge in [0, 0.05) is 17.6 Å². The number of rotatable bonds is 5. The molecule has 0 fully saturated rings. The molecule has 148 valence electrons. The predicted octanol–water partition coefficient (Wildman–Crippen LogP) is 3.17. The number of imidazole rings is 1. The maximum absolute atomic E-state index is 12.8. The Hall–Kier alpha value is -2.72. The molecule has 0 unspecified atom stereocenters. The average Bonchev–Trinajstić information content (AvgIpc) is 2.85. The lowest BCUT2D eigenvalue weighted by Gasteiger charge is -2.07. The number of benzene rings is 1. The number of pyridine rings is 1. The van der Waals surface area contributed by atoms with Gasteiger partial charge >= 0.3 is 11.2 Å². The highest BCUT2D eigenvalue weighted by Crippen LogP contribution is 2.37. The van der Waals surface area contributed by atoms with E-state index in [1.54, 1.807) is 25.3 Å². The third-order valence-electron chi connectivity index (χ3n) is 4.12. The second-order valence-electron chi connectivity index (χ2n) is 6.01. The van der Waals surface area contributed by atoms with Gasteiger partial charge in [0.1, 0.15) is 0 Å². The summed E-state index contributed by atoms with van der Waals surface area (Å²) in [5.74, 6) is -0.269. The van der Waals surface area contributed by atoms with Gasteiger partial charge in [-0.1, -0.05) is 0 Å².